The van der Waals surface area contributed by atoms with E-state index in [1.165, 1.54) is 14.0 Å². The molecule has 0 radical (unpaired) electrons. The van der Waals surface area contributed by atoms with Crippen LogP contribution in [-0.2, 0) is 16.1 Å². The largest absolute Gasteiger partial charge is 0.495 e. The second kappa shape index (κ2) is 8.41. The minimum atomic E-state index is -0.409. The second-order valence-electron chi connectivity index (χ2n) is 6.67. The van der Waals surface area contributed by atoms with E-state index in [-0.39, 0.29) is 24.9 Å². The Hall–Kier alpha value is -3.24. The molecule has 150 valence electrons. The number of imidazole rings is 1. The SMILES string of the molecule is COc1ccc(Cn2c(=O)n([C@H](C)COC(C)=O)c3ccc(C#N)cc32)cc1Cl. The quantitative estimate of drug-likeness (QED) is 0.577. The molecule has 8 heteroatoms. The summed E-state index contributed by atoms with van der Waals surface area (Å²) < 4.78 is 13.4. The summed E-state index contributed by atoms with van der Waals surface area (Å²) in [5.74, 6) is 0.139. The van der Waals surface area contributed by atoms with Crippen LogP contribution in [0.4, 0.5) is 0 Å². The molecule has 0 aliphatic heterocycles. The molecule has 0 saturated heterocycles. The first-order valence-electron chi connectivity index (χ1n) is 8.96. The van der Waals surface area contributed by atoms with Gasteiger partial charge in [0.15, 0.2) is 0 Å². The highest BCUT2D eigenvalue weighted by Gasteiger charge is 2.19. The van der Waals surface area contributed by atoms with Crippen LogP contribution in [0.2, 0.25) is 5.02 Å². The first kappa shape index (κ1) is 20.5. The Bertz CT molecular complexity index is 1170. The maximum atomic E-state index is 13.2. The number of ether oxygens (including phenoxy) is 2. The van der Waals surface area contributed by atoms with Crippen molar-refractivity contribution in [2.45, 2.75) is 26.4 Å². The van der Waals surface area contributed by atoms with E-state index < -0.39 is 5.97 Å². The summed E-state index contributed by atoms with van der Waals surface area (Å²) in [4.78, 5) is 24.4. The summed E-state index contributed by atoms with van der Waals surface area (Å²) in [5, 5.41) is 9.72. The Balaban J connectivity index is 2.11. The number of fused-ring (bicyclic) bond motifs is 1. The van der Waals surface area contributed by atoms with Crippen molar-refractivity contribution in [3.63, 3.8) is 0 Å². The van der Waals surface area contributed by atoms with Gasteiger partial charge in [0.1, 0.15) is 12.4 Å². The Kier molecular flexibility index (Phi) is 5.95. The van der Waals surface area contributed by atoms with E-state index in [9.17, 15) is 14.9 Å². The number of carbonyl (C=O) groups excluding carboxylic acids is 1. The molecule has 0 amide bonds. The predicted octanol–water partition coefficient (Wildman–Crippen LogP) is 3.51. The Labute approximate surface area is 172 Å². The van der Waals surface area contributed by atoms with Gasteiger partial charge in [-0.1, -0.05) is 17.7 Å². The van der Waals surface area contributed by atoms with Gasteiger partial charge in [-0.25, -0.2) is 4.79 Å². The Morgan fingerprint density at radius 3 is 2.62 bits per heavy atom. The lowest BCUT2D eigenvalue weighted by Gasteiger charge is -2.13. The number of nitrogens with zero attached hydrogens (tertiary/aromatic N) is 3. The average Bonchev–Trinajstić information content (AvgIpc) is 2.97. The molecule has 0 aliphatic carbocycles. The molecule has 0 N–H and O–H groups in total. The lowest BCUT2D eigenvalue weighted by atomic mass is 10.2. The van der Waals surface area contributed by atoms with Gasteiger partial charge in [-0.2, -0.15) is 5.26 Å². The van der Waals surface area contributed by atoms with Gasteiger partial charge in [-0.05, 0) is 42.8 Å². The fraction of sp³-hybridized carbons (Fsp3) is 0.286. The van der Waals surface area contributed by atoms with Gasteiger partial charge in [0.25, 0.3) is 0 Å². The highest BCUT2D eigenvalue weighted by molar-refractivity contribution is 6.32. The minimum Gasteiger partial charge on any atom is -0.495 e. The fourth-order valence-electron chi connectivity index (χ4n) is 3.23. The molecule has 0 saturated carbocycles. The van der Waals surface area contributed by atoms with Crippen LogP contribution >= 0.6 is 11.6 Å². The number of aromatic nitrogens is 2. The van der Waals surface area contributed by atoms with Crippen molar-refractivity contribution < 1.29 is 14.3 Å². The summed E-state index contributed by atoms with van der Waals surface area (Å²) in [7, 11) is 1.53. The molecule has 0 spiro atoms. The van der Waals surface area contributed by atoms with Crippen molar-refractivity contribution in [2.24, 2.45) is 0 Å². The number of esters is 1. The molecule has 3 aromatic rings. The maximum absolute atomic E-state index is 13.2. The third kappa shape index (κ3) is 4.13. The van der Waals surface area contributed by atoms with Crippen LogP contribution in [-0.4, -0.2) is 28.8 Å². The van der Waals surface area contributed by atoms with Crippen LogP contribution < -0.4 is 10.4 Å². The van der Waals surface area contributed by atoms with Crippen molar-refractivity contribution in [3.8, 4) is 11.8 Å². The molecule has 1 aromatic heterocycles. The van der Waals surface area contributed by atoms with Crippen LogP contribution in [0.15, 0.2) is 41.2 Å². The lowest BCUT2D eigenvalue weighted by molar-refractivity contribution is -0.141. The molecule has 29 heavy (non-hydrogen) atoms. The van der Waals surface area contributed by atoms with E-state index >= 15 is 0 Å². The number of methoxy groups -OCH3 is 1. The molecular weight excluding hydrogens is 394 g/mol. The summed E-state index contributed by atoms with van der Waals surface area (Å²) in [5.41, 5.74) is 2.28. The number of hydrogen-bond acceptors (Lipinski definition) is 5. The average molecular weight is 414 g/mol. The first-order valence-corrected chi connectivity index (χ1v) is 9.34. The monoisotopic (exact) mass is 413 g/mol. The fourth-order valence-corrected chi connectivity index (χ4v) is 3.51. The van der Waals surface area contributed by atoms with Crippen molar-refractivity contribution >= 4 is 28.6 Å². The highest BCUT2D eigenvalue weighted by Crippen LogP contribution is 2.26. The molecule has 0 aliphatic rings. The van der Waals surface area contributed by atoms with Gasteiger partial charge in [-0.3, -0.25) is 13.9 Å². The molecule has 0 fully saturated rings. The Morgan fingerprint density at radius 1 is 1.24 bits per heavy atom. The van der Waals surface area contributed by atoms with Crippen molar-refractivity contribution in [2.75, 3.05) is 13.7 Å². The van der Waals surface area contributed by atoms with Crippen LogP contribution in [0, 0.1) is 11.3 Å². The van der Waals surface area contributed by atoms with Crippen LogP contribution in [0.3, 0.4) is 0 Å². The van der Waals surface area contributed by atoms with Crippen LogP contribution in [0.5, 0.6) is 5.75 Å². The van der Waals surface area contributed by atoms with Crippen LogP contribution in [0.25, 0.3) is 11.0 Å². The van der Waals surface area contributed by atoms with E-state index in [2.05, 4.69) is 6.07 Å². The predicted molar refractivity (Wildman–Crippen MR) is 109 cm³/mol. The Morgan fingerprint density at radius 2 is 2.00 bits per heavy atom. The molecule has 1 heterocycles. The van der Waals surface area contributed by atoms with Gasteiger partial charge in [0, 0.05) is 6.92 Å². The number of rotatable bonds is 6. The number of benzene rings is 2. The summed E-state index contributed by atoms with van der Waals surface area (Å²) in [6.45, 7) is 3.46. The third-order valence-corrected chi connectivity index (χ3v) is 4.91. The number of halogens is 1. The van der Waals surface area contributed by atoms with Gasteiger partial charge in [-0.15, -0.1) is 0 Å². The van der Waals surface area contributed by atoms with E-state index in [4.69, 9.17) is 21.1 Å². The smallest absolute Gasteiger partial charge is 0.329 e. The van der Waals surface area contributed by atoms with Gasteiger partial charge in [0.2, 0.25) is 0 Å². The number of carbonyl (C=O) groups is 1. The van der Waals surface area contributed by atoms with E-state index in [0.29, 0.717) is 27.4 Å². The molecule has 7 nitrogen and oxygen atoms in total. The molecule has 1 atom stereocenters. The number of hydrogen-bond donors (Lipinski definition) is 0. The second-order valence-corrected chi connectivity index (χ2v) is 7.08. The summed E-state index contributed by atoms with van der Waals surface area (Å²) in [6.07, 6.45) is 0. The minimum absolute atomic E-state index is 0.0721. The van der Waals surface area contributed by atoms with E-state index in [0.717, 1.165) is 5.56 Å². The molecular formula is C21H20ClN3O4. The summed E-state index contributed by atoms with van der Waals surface area (Å²) >= 11 is 6.22. The molecule has 0 unspecified atom stereocenters. The topological polar surface area (TPSA) is 86.2 Å². The van der Waals surface area contributed by atoms with Crippen LogP contribution in [0.1, 0.15) is 31.0 Å². The molecule has 0 bridgehead atoms. The number of nitriles is 1. The van der Waals surface area contributed by atoms with Crippen molar-refractivity contribution in [1.82, 2.24) is 9.13 Å². The van der Waals surface area contributed by atoms with Crippen molar-refractivity contribution in [1.29, 1.82) is 5.26 Å². The molecule has 2 aromatic carbocycles. The zero-order valence-corrected chi connectivity index (χ0v) is 17.1. The normalized spacial score (nSPS) is 11.8. The van der Waals surface area contributed by atoms with Gasteiger partial charge >= 0.3 is 11.7 Å². The highest BCUT2D eigenvalue weighted by atomic mass is 35.5. The maximum Gasteiger partial charge on any atom is 0.329 e. The van der Waals surface area contributed by atoms with E-state index in [1.807, 2.05) is 6.07 Å². The zero-order valence-electron chi connectivity index (χ0n) is 16.3. The first-order chi connectivity index (χ1) is 13.8. The molecule has 3 rings (SSSR count). The zero-order chi connectivity index (χ0) is 21.1. The van der Waals surface area contributed by atoms with Gasteiger partial charge < -0.3 is 9.47 Å². The van der Waals surface area contributed by atoms with Crippen molar-refractivity contribution in [3.05, 3.63) is 63.0 Å². The van der Waals surface area contributed by atoms with Gasteiger partial charge in [0.05, 0.1) is 47.4 Å². The summed E-state index contributed by atoms with van der Waals surface area (Å²) in [6, 6.07) is 12.1. The third-order valence-electron chi connectivity index (χ3n) is 4.62. The lowest BCUT2D eigenvalue weighted by Crippen LogP contribution is -2.29. The van der Waals surface area contributed by atoms with E-state index in [1.54, 1.807) is 46.4 Å². The standard InChI is InChI=1S/C21H20ClN3O4/c1-13(12-29-14(2)26)25-18-6-4-15(10-23)9-19(18)24(21(25)27)11-16-5-7-20(28-3)17(22)8-16/h4-9,13H,11-12H2,1-3H3/t13-/m1/s1.